The van der Waals surface area contributed by atoms with Gasteiger partial charge in [0.05, 0.1) is 11.4 Å². The molecule has 18 heavy (non-hydrogen) atoms. The molecule has 0 saturated carbocycles. The highest BCUT2D eigenvalue weighted by molar-refractivity contribution is 5.78. The molecule has 1 aromatic carbocycles. The minimum absolute atomic E-state index is 0.0791. The van der Waals surface area contributed by atoms with Crippen molar-refractivity contribution in [3.63, 3.8) is 0 Å². The van der Waals surface area contributed by atoms with Crippen LogP contribution in [0.15, 0.2) is 24.5 Å². The molecule has 0 unspecified atom stereocenters. The van der Waals surface area contributed by atoms with E-state index in [2.05, 4.69) is 9.97 Å². The maximum absolute atomic E-state index is 9.44. The fourth-order valence-electron chi connectivity index (χ4n) is 2.21. The number of rotatable bonds is 1. The summed E-state index contributed by atoms with van der Waals surface area (Å²) < 4.78 is 0. The zero-order chi connectivity index (χ0) is 12.7. The second-order valence-corrected chi connectivity index (χ2v) is 4.20. The van der Waals surface area contributed by atoms with Gasteiger partial charge in [0.2, 0.25) is 0 Å². The van der Waals surface area contributed by atoms with Crippen LogP contribution in [0, 0.1) is 0 Å². The molecule has 1 aliphatic heterocycles. The molecule has 0 aliphatic carbocycles. The molecule has 0 saturated heterocycles. The highest BCUT2D eigenvalue weighted by atomic mass is 16.3. The molecule has 5 N–H and O–H groups in total. The molecule has 2 heterocycles. The Balaban J connectivity index is 2.08. The summed E-state index contributed by atoms with van der Waals surface area (Å²) in [5.41, 5.74) is 14.6. The van der Waals surface area contributed by atoms with E-state index >= 15 is 0 Å². The third-order valence-corrected chi connectivity index (χ3v) is 3.09. The lowest BCUT2D eigenvalue weighted by Gasteiger charge is -2.20. The SMILES string of the molecule is Nc1cc(N2CCc3ncnc(N)c32)ccc1O. The number of nitrogens with zero attached hydrogens (tertiary/aromatic N) is 3. The van der Waals surface area contributed by atoms with E-state index in [9.17, 15) is 5.11 Å². The normalized spacial score (nSPS) is 13.7. The Kier molecular flexibility index (Phi) is 2.22. The van der Waals surface area contributed by atoms with Gasteiger partial charge in [-0.25, -0.2) is 9.97 Å². The van der Waals surface area contributed by atoms with Gasteiger partial charge in [-0.05, 0) is 18.2 Å². The molecule has 1 aliphatic rings. The second kappa shape index (κ2) is 3.76. The van der Waals surface area contributed by atoms with E-state index in [1.807, 2.05) is 4.90 Å². The molecular formula is C12H13N5O. The quantitative estimate of drug-likeness (QED) is 0.511. The monoisotopic (exact) mass is 243 g/mol. The van der Waals surface area contributed by atoms with Crippen LogP contribution in [0.5, 0.6) is 5.75 Å². The predicted molar refractivity (Wildman–Crippen MR) is 69.7 cm³/mol. The Morgan fingerprint density at radius 2 is 2.06 bits per heavy atom. The summed E-state index contributed by atoms with van der Waals surface area (Å²) in [7, 11) is 0. The number of phenolic OH excluding ortho intramolecular Hbond substituents is 1. The van der Waals surface area contributed by atoms with E-state index in [0.717, 1.165) is 30.0 Å². The van der Waals surface area contributed by atoms with E-state index in [-0.39, 0.29) is 5.75 Å². The summed E-state index contributed by atoms with van der Waals surface area (Å²) in [4.78, 5) is 10.2. The number of phenols is 1. The third-order valence-electron chi connectivity index (χ3n) is 3.09. The Bertz CT molecular complexity index is 613. The molecule has 3 rings (SSSR count). The van der Waals surface area contributed by atoms with E-state index in [1.54, 1.807) is 18.2 Å². The topological polar surface area (TPSA) is 101 Å². The largest absolute Gasteiger partial charge is 0.506 e. The van der Waals surface area contributed by atoms with Crippen LogP contribution in [0.25, 0.3) is 0 Å². The van der Waals surface area contributed by atoms with Crippen molar-refractivity contribution in [1.82, 2.24) is 9.97 Å². The van der Waals surface area contributed by atoms with Gasteiger partial charge in [-0.3, -0.25) is 0 Å². The molecule has 0 fully saturated rings. The van der Waals surface area contributed by atoms with Crippen LogP contribution in [0.2, 0.25) is 0 Å². The lowest BCUT2D eigenvalue weighted by molar-refractivity contribution is 0.478. The molecule has 0 atom stereocenters. The number of aromatic hydroxyl groups is 1. The minimum Gasteiger partial charge on any atom is -0.506 e. The maximum atomic E-state index is 9.44. The van der Waals surface area contributed by atoms with Gasteiger partial charge in [0, 0.05) is 18.7 Å². The summed E-state index contributed by atoms with van der Waals surface area (Å²) in [5, 5.41) is 9.44. The van der Waals surface area contributed by atoms with Gasteiger partial charge in [-0.2, -0.15) is 0 Å². The van der Waals surface area contributed by atoms with Crippen LogP contribution in [0.4, 0.5) is 22.9 Å². The zero-order valence-electron chi connectivity index (χ0n) is 9.67. The number of nitrogens with two attached hydrogens (primary N) is 2. The standard InChI is InChI=1S/C12H13N5O/c13-8-5-7(1-2-10(8)18)17-4-3-9-11(17)12(14)16-6-15-9/h1-2,5-6,18H,3-4,13H2,(H2,14,15,16). The van der Waals surface area contributed by atoms with Crippen LogP contribution < -0.4 is 16.4 Å². The van der Waals surface area contributed by atoms with E-state index in [0.29, 0.717) is 11.5 Å². The average molecular weight is 243 g/mol. The van der Waals surface area contributed by atoms with Crippen molar-refractivity contribution < 1.29 is 5.11 Å². The summed E-state index contributed by atoms with van der Waals surface area (Å²) in [5.74, 6) is 0.541. The van der Waals surface area contributed by atoms with Crippen LogP contribution in [0.1, 0.15) is 5.69 Å². The molecule has 6 nitrogen and oxygen atoms in total. The lowest BCUT2D eigenvalue weighted by atomic mass is 10.2. The van der Waals surface area contributed by atoms with Crippen molar-refractivity contribution in [1.29, 1.82) is 0 Å². The molecule has 6 heteroatoms. The molecule has 0 bridgehead atoms. The van der Waals surface area contributed by atoms with Crippen molar-refractivity contribution in [2.45, 2.75) is 6.42 Å². The molecule has 1 aromatic heterocycles. The summed E-state index contributed by atoms with van der Waals surface area (Å²) in [6, 6.07) is 5.09. The number of nitrogen functional groups attached to an aromatic ring is 2. The first-order valence-corrected chi connectivity index (χ1v) is 5.62. The van der Waals surface area contributed by atoms with Gasteiger partial charge < -0.3 is 21.5 Å². The predicted octanol–water partition coefficient (Wildman–Crippen LogP) is 1.04. The Hall–Kier alpha value is -2.50. The first-order chi connectivity index (χ1) is 8.66. The number of anilines is 4. The van der Waals surface area contributed by atoms with Gasteiger partial charge in [0.15, 0.2) is 5.82 Å². The number of hydrogen-bond donors (Lipinski definition) is 3. The fraction of sp³-hybridized carbons (Fsp3) is 0.167. The highest BCUT2D eigenvalue weighted by Gasteiger charge is 2.25. The maximum Gasteiger partial charge on any atom is 0.151 e. The van der Waals surface area contributed by atoms with E-state index < -0.39 is 0 Å². The molecular weight excluding hydrogens is 230 g/mol. The molecule has 92 valence electrons. The van der Waals surface area contributed by atoms with Crippen molar-refractivity contribution in [3.05, 3.63) is 30.2 Å². The Morgan fingerprint density at radius 3 is 2.83 bits per heavy atom. The van der Waals surface area contributed by atoms with Crippen LogP contribution >= 0.6 is 0 Å². The van der Waals surface area contributed by atoms with Gasteiger partial charge in [-0.1, -0.05) is 0 Å². The van der Waals surface area contributed by atoms with Crippen LogP contribution in [-0.4, -0.2) is 21.6 Å². The van der Waals surface area contributed by atoms with Gasteiger partial charge in [-0.15, -0.1) is 0 Å². The molecule has 0 spiro atoms. The zero-order valence-corrected chi connectivity index (χ0v) is 9.67. The van der Waals surface area contributed by atoms with Gasteiger partial charge in [0.1, 0.15) is 17.8 Å². The van der Waals surface area contributed by atoms with Gasteiger partial charge >= 0.3 is 0 Å². The minimum atomic E-state index is 0.0791. The number of hydrogen-bond acceptors (Lipinski definition) is 6. The molecule has 0 radical (unpaired) electrons. The van der Waals surface area contributed by atoms with E-state index in [1.165, 1.54) is 6.33 Å². The summed E-state index contributed by atoms with van der Waals surface area (Å²) in [6.07, 6.45) is 2.30. The highest BCUT2D eigenvalue weighted by Crippen LogP contribution is 2.38. The van der Waals surface area contributed by atoms with Crippen LogP contribution in [0.3, 0.4) is 0 Å². The summed E-state index contributed by atoms with van der Waals surface area (Å²) in [6.45, 7) is 0.780. The number of benzene rings is 1. The molecule has 2 aromatic rings. The van der Waals surface area contributed by atoms with Crippen molar-refractivity contribution >= 4 is 22.9 Å². The Labute approximate surface area is 104 Å². The number of fused-ring (bicyclic) bond motifs is 1. The van der Waals surface area contributed by atoms with Gasteiger partial charge in [0.25, 0.3) is 0 Å². The second-order valence-electron chi connectivity index (χ2n) is 4.20. The van der Waals surface area contributed by atoms with E-state index in [4.69, 9.17) is 11.5 Å². The fourth-order valence-corrected chi connectivity index (χ4v) is 2.21. The van der Waals surface area contributed by atoms with Crippen molar-refractivity contribution in [2.75, 3.05) is 22.9 Å². The van der Waals surface area contributed by atoms with Crippen LogP contribution in [-0.2, 0) is 6.42 Å². The first-order valence-electron chi connectivity index (χ1n) is 5.62. The number of aromatic nitrogens is 2. The lowest BCUT2D eigenvalue weighted by Crippen LogP contribution is -2.15. The molecule has 0 amide bonds. The van der Waals surface area contributed by atoms with Crippen molar-refractivity contribution in [3.8, 4) is 5.75 Å². The van der Waals surface area contributed by atoms with Crippen molar-refractivity contribution in [2.24, 2.45) is 0 Å². The average Bonchev–Trinajstić information content (AvgIpc) is 2.78. The summed E-state index contributed by atoms with van der Waals surface area (Å²) >= 11 is 0. The smallest absolute Gasteiger partial charge is 0.151 e. The third kappa shape index (κ3) is 1.50. The first kappa shape index (κ1) is 10.6. The Morgan fingerprint density at radius 1 is 1.22 bits per heavy atom.